The molecule has 0 radical (unpaired) electrons. The zero-order valence-corrected chi connectivity index (χ0v) is 19.2. The summed E-state index contributed by atoms with van der Waals surface area (Å²) in [5, 5.41) is 2.62. The van der Waals surface area contributed by atoms with Crippen LogP contribution in [0.5, 0.6) is 0 Å². The smallest absolute Gasteiger partial charge is 0.255 e. The van der Waals surface area contributed by atoms with Crippen LogP contribution in [0.3, 0.4) is 0 Å². The molecule has 3 rings (SSSR count). The van der Waals surface area contributed by atoms with E-state index >= 15 is 0 Å². The number of likely N-dealkylation sites (N-methyl/N-ethyl adjacent to an activating group) is 1. The summed E-state index contributed by atoms with van der Waals surface area (Å²) in [5.74, 6) is 0.144. The molecule has 0 aliphatic carbocycles. The van der Waals surface area contributed by atoms with E-state index in [2.05, 4.69) is 17.4 Å². The first-order valence-electron chi connectivity index (χ1n) is 11.2. The predicted molar refractivity (Wildman–Crippen MR) is 124 cm³/mol. The lowest BCUT2D eigenvalue weighted by atomic mass is 9.84. The van der Waals surface area contributed by atoms with Gasteiger partial charge in [-0.2, -0.15) is 0 Å². The molecule has 0 spiro atoms. The number of rotatable bonds is 8. The van der Waals surface area contributed by atoms with Gasteiger partial charge in [0, 0.05) is 51.5 Å². The maximum atomic E-state index is 13.5. The monoisotopic (exact) mass is 439 g/mol. The third kappa shape index (κ3) is 6.07. The van der Waals surface area contributed by atoms with Gasteiger partial charge in [0.2, 0.25) is 5.91 Å². The van der Waals surface area contributed by atoms with Crippen LogP contribution in [0, 0.1) is 12.8 Å². The van der Waals surface area contributed by atoms with Gasteiger partial charge < -0.3 is 19.5 Å². The van der Waals surface area contributed by atoms with Crippen molar-refractivity contribution in [2.24, 2.45) is 13.0 Å². The summed E-state index contributed by atoms with van der Waals surface area (Å²) in [7, 11) is 3.20. The molecule has 1 aliphatic heterocycles. The normalized spacial score (nSPS) is 15.2. The summed E-state index contributed by atoms with van der Waals surface area (Å²) in [6, 6.07) is 11.8. The van der Waals surface area contributed by atoms with E-state index in [4.69, 9.17) is 4.74 Å². The van der Waals surface area contributed by atoms with Crippen molar-refractivity contribution in [3.63, 3.8) is 0 Å². The third-order valence-corrected chi connectivity index (χ3v) is 6.18. The van der Waals surface area contributed by atoms with E-state index in [1.165, 1.54) is 4.57 Å². The lowest BCUT2D eigenvalue weighted by Crippen LogP contribution is -2.42. The van der Waals surface area contributed by atoms with Gasteiger partial charge in [0.1, 0.15) is 0 Å². The van der Waals surface area contributed by atoms with E-state index < -0.39 is 0 Å². The Morgan fingerprint density at radius 2 is 1.91 bits per heavy atom. The molecule has 7 heteroatoms. The van der Waals surface area contributed by atoms with Crippen LogP contribution in [-0.4, -0.2) is 54.6 Å². The van der Waals surface area contributed by atoms with Crippen molar-refractivity contribution < 1.29 is 14.3 Å². The number of pyridine rings is 1. The first-order chi connectivity index (χ1) is 15.4. The number of aryl methyl sites for hydroxylation is 2. The molecule has 0 saturated carbocycles. The summed E-state index contributed by atoms with van der Waals surface area (Å²) in [4.78, 5) is 39.5. The molecule has 1 aromatic heterocycles. The molecule has 2 heterocycles. The van der Waals surface area contributed by atoms with Gasteiger partial charge >= 0.3 is 0 Å². The van der Waals surface area contributed by atoms with Gasteiger partial charge in [-0.15, -0.1) is 0 Å². The minimum atomic E-state index is -0.250. The Morgan fingerprint density at radius 3 is 2.53 bits per heavy atom. The lowest BCUT2D eigenvalue weighted by molar-refractivity contribution is -0.121. The Bertz CT molecular complexity index is 954. The minimum Gasteiger partial charge on any atom is -0.381 e. The van der Waals surface area contributed by atoms with Gasteiger partial charge in [-0.3, -0.25) is 14.4 Å². The van der Waals surface area contributed by atoms with Crippen molar-refractivity contribution >= 4 is 11.8 Å². The molecule has 1 saturated heterocycles. The fraction of sp³-hybridized carbons (Fsp3) is 0.480. The Hall–Kier alpha value is -2.93. The highest BCUT2D eigenvalue weighted by Crippen LogP contribution is 2.30. The molecule has 7 nitrogen and oxygen atoms in total. The maximum absolute atomic E-state index is 13.5. The topological polar surface area (TPSA) is 80.6 Å². The average molecular weight is 440 g/mol. The Morgan fingerprint density at radius 1 is 1.22 bits per heavy atom. The summed E-state index contributed by atoms with van der Waals surface area (Å²) in [6.45, 7) is 3.62. The zero-order chi connectivity index (χ0) is 23.1. The van der Waals surface area contributed by atoms with Crippen LogP contribution in [0.2, 0.25) is 0 Å². The molecular formula is C25H33N3O4. The van der Waals surface area contributed by atoms with Crippen LogP contribution >= 0.6 is 0 Å². The number of aromatic nitrogens is 1. The van der Waals surface area contributed by atoms with E-state index in [1.54, 1.807) is 38.2 Å². The number of ether oxygens (including phenoxy) is 1. The number of hydrogen-bond acceptors (Lipinski definition) is 4. The Kier molecular flexibility index (Phi) is 8.22. The van der Waals surface area contributed by atoms with Crippen LogP contribution in [0.4, 0.5) is 0 Å². The highest BCUT2D eigenvalue weighted by Gasteiger charge is 2.27. The van der Waals surface area contributed by atoms with Crippen molar-refractivity contribution in [2.45, 2.75) is 32.1 Å². The number of nitrogens with one attached hydrogen (secondary N) is 1. The van der Waals surface area contributed by atoms with Crippen LogP contribution in [0.1, 0.15) is 46.7 Å². The van der Waals surface area contributed by atoms with Crippen LogP contribution in [-0.2, 0) is 16.6 Å². The molecular weight excluding hydrogens is 406 g/mol. The molecule has 1 aliphatic rings. The predicted octanol–water partition coefficient (Wildman–Crippen LogP) is 2.48. The quantitative estimate of drug-likeness (QED) is 0.685. The number of amides is 2. The first kappa shape index (κ1) is 23.7. The molecule has 1 unspecified atom stereocenters. The zero-order valence-electron chi connectivity index (χ0n) is 19.2. The molecule has 2 amide bonds. The van der Waals surface area contributed by atoms with Crippen molar-refractivity contribution in [1.82, 2.24) is 14.8 Å². The van der Waals surface area contributed by atoms with Crippen molar-refractivity contribution in [3.05, 3.63) is 69.6 Å². The number of benzene rings is 1. The minimum absolute atomic E-state index is 0.0334. The van der Waals surface area contributed by atoms with Crippen LogP contribution < -0.4 is 10.9 Å². The van der Waals surface area contributed by atoms with E-state index in [0.717, 1.165) is 38.0 Å². The second kappa shape index (κ2) is 11.1. The maximum Gasteiger partial charge on any atom is 0.255 e. The van der Waals surface area contributed by atoms with Gasteiger partial charge in [0.25, 0.3) is 11.5 Å². The summed E-state index contributed by atoms with van der Waals surface area (Å²) in [5.41, 5.74) is 1.93. The molecule has 0 bridgehead atoms. The standard InChI is InChI=1S/C25H33N3O4/c1-18-13-22(15-27(3)24(18)30)25(31)28(17-23(29)26-2)16-21(20-7-5-4-6-8-20)14-19-9-11-32-12-10-19/h4-8,13,15,19,21H,9-12,14,16-17H2,1-3H3,(H,26,29). The van der Waals surface area contributed by atoms with Gasteiger partial charge in [-0.25, -0.2) is 0 Å². The summed E-state index contributed by atoms with van der Waals surface area (Å²) in [6.07, 6.45) is 4.49. The van der Waals surface area contributed by atoms with Gasteiger partial charge in [-0.1, -0.05) is 30.3 Å². The third-order valence-electron chi connectivity index (χ3n) is 6.18. The summed E-state index contributed by atoms with van der Waals surface area (Å²) >= 11 is 0. The number of carbonyl (C=O) groups is 2. The molecule has 2 aromatic rings. The van der Waals surface area contributed by atoms with Crippen molar-refractivity contribution in [2.75, 3.05) is 33.4 Å². The van der Waals surface area contributed by atoms with Gasteiger partial charge in [-0.05, 0) is 43.7 Å². The van der Waals surface area contributed by atoms with E-state index in [1.807, 2.05) is 18.2 Å². The highest BCUT2D eigenvalue weighted by molar-refractivity contribution is 5.96. The Labute approximate surface area is 189 Å². The van der Waals surface area contributed by atoms with E-state index in [9.17, 15) is 14.4 Å². The number of carbonyl (C=O) groups excluding carboxylic acids is 2. The highest BCUT2D eigenvalue weighted by atomic mass is 16.5. The molecule has 32 heavy (non-hydrogen) atoms. The first-order valence-corrected chi connectivity index (χ1v) is 11.2. The molecule has 1 fully saturated rings. The van der Waals surface area contributed by atoms with Crippen LogP contribution in [0.15, 0.2) is 47.4 Å². The summed E-state index contributed by atoms with van der Waals surface area (Å²) < 4.78 is 6.93. The Balaban J connectivity index is 1.90. The SMILES string of the molecule is CNC(=O)CN(CC(CC1CCOCC1)c1ccccc1)C(=O)c1cc(C)c(=O)n(C)c1. The largest absolute Gasteiger partial charge is 0.381 e. The molecule has 172 valence electrons. The van der Waals surface area contributed by atoms with Crippen LogP contribution in [0.25, 0.3) is 0 Å². The average Bonchev–Trinajstić information content (AvgIpc) is 2.81. The van der Waals surface area contributed by atoms with Gasteiger partial charge in [0.05, 0.1) is 12.1 Å². The van der Waals surface area contributed by atoms with Gasteiger partial charge in [0.15, 0.2) is 0 Å². The number of hydrogen-bond donors (Lipinski definition) is 1. The lowest BCUT2D eigenvalue weighted by Gasteiger charge is -2.31. The molecule has 1 N–H and O–H groups in total. The van der Waals surface area contributed by atoms with Crippen molar-refractivity contribution in [1.29, 1.82) is 0 Å². The molecule has 1 atom stereocenters. The second-order valence-electron chi connectivity index (χ2n) is 8.59. The second-order valence-corrected chi connectivity index (χ2v) is 8.59. The van der Waals surface area contributed by atoms with E-state index in [0.29, 0.717) is 23.6 Å². The fourth-order valence-electron chi connectivity index (χ4n) is 4.34. The van der Waals surface area contributed by atoms with E-state index in [-0.39, 0.29) is 29.8 Å². The van der Waals surface area contributed by atoms with Crippen molar-refractivity contribution in [3.8, 4) is 0 Å². The number of nitrogens with zero attached hydrogens (tertiary/aromatic N) is 2. The molecule has 1 aromatic carbocycles. The fourth-order valence-corrected chi connectivity index (χ4v) is 4.34.